The highest BCUT2D eigenvalue weighted by Crippen LogP contribution is 2.28. The van der Waals surface area contributed by atoms with E-state index in [1.165, 1.54) is 0 Å². The third-order valence-electron chi connectivity index (χ3n) is 5.46. The van der Waals surface area contributed by atoms with Gasteiger partial charge in [-0.25, -0.2) is 4.98 Å². The lowest BCUT2D eigenvalue weighted by atomic mass is 10.0. The quantitative estimate of drug-likeness (QED) is 0.276. The van der Waals surface area contributed by atoms with E-state index < -0.39 is 0 Å². The molecule has 1 heterocycles. The van der Waals surface area contributed by atoms with Crippen molar-refractivity contribution in [1.29, 1.82) is 0 Å². The molecule has 0 aliphatic carbocycles. The third kappa shape index (κ3) is 4.59. The minimum atomic E-state index is 0.171. The summed E-state index contributed by atoms with van der Waals surface area (Å²) in [5, 5.41) is 0.171. The molecule has 0 bridgehead atoms. The van der Waals surface area contributed by atoms with Crippen molar-refractivity contribution >= 4 is 17.7 Å². The van der Waals surface area contributed by atoms with Crippen LogP contribution >= 0.6 is 11.6 Å². The minimum Gasteiger partial charge on any atom is -0.208 e. The van der Waals surface area contributed by atoms with E-state index in [1.807, 2.05) is 48.5 Å². The SMILES string of the molecule is C=Cc1ccc(-c2ccc(-c3nc(Cl)nc(-c4cccc(-c5ccccc5)c4)n3)cc2)cc1. The van der Waals surface area contributed by atoms with E-state index in [-0.39, 0.29) is 5.28 Å². The van der Waals surface area contributed by atoms with Gasteiger partial charge in [-0.1, -0.05) is 110 Å². The van der Waals surface area contributed by atoms with Crippen LogP contribution < -0.4 is 0 Å². The predicted molar refractivity (Wildman–Crippen MR) is 137 cm³/mol. The Balaban J connectivity index is 1.47. The Bertz CT molecular complexity index is 1410. The first-order valence-corrected chi connectivity index (χ1v) is 11.0. The molecule has 0 saturated heterocycles. The molecule has 0 unspecified atom stereocenters. The zero-order chi connectivity index (χ0) is 22.6. The number of rotatable bonds is 5. The molecule has 0 amide bonds. The van der Waals surface area contributed by atoms with Crippen LogP contribution in [0.3, 0.4) is 0 Å². The van der Waals surface area contributed by atoms with Gasteiger partial charge in [0.05, 0.1) is 0 Å². The van der Waals surface area contributed by atoms with Crippen LogP contribution in [0.5, 0.6) is 0 Å². The average molecular weight is 446 g/mol. The summed E-state index contributed by atoms with van der Waals surface area (Å²) in [4.78, 5) is 13.5. The number of benzene rings is 4. The highest BCUT2D eigenvalue weighted by Gasteiger charge is 2.11. The van der Waals surface area contributed by atoms with Gasteiger partial charge in [-0.2, -0.15) is 9.97 Å². The second-order valence-corrected chi connectivity index (χ2v) is 7.94. The summed E-state index contributed by atoms with van der Waals surface area (Å²) in [5.74, 6) is 1.09. The lowest BCUT2D eigenvalue weighted by Gasteiger charge is -2.08. The molecule has 5 rings (SSSR count). The van der Waals surface area contributed by atoms with Gasteiger partial charge in [-0.05, 0) is 45.5 Å². The number of hydrogen-bond donors (Lipinski definition) is 0. The number of aromatic nitrogens is 3. The zero-order valence-electron chi connectivity index (χ0n) is 17.8. The van der Waals surface area contributed by atoms with Crippen molar-refractivity contribution in [2.45, 2.75) is 0 Å². The second-order valence-electron chi connectivity index (χ2n) is 7.60. The fraction of sp³-hybridized carbons (Fsp3) is 0. The number of halogens is 1. The van der Waals surface area contributed by atoms with Gasteiger partial charge in [0.15, 0.2) is 11.6 Å². The van der Waals surface area contributed by atoms with Crippen molar-refractivity contribution < 1.29 is 0 Å². The molecule has 33 heavy (non-hydrogen) atoms. The molecule has 1 aromatic heterocycles. The van der Waals surface area contributed by atoms with Crippen LogP contribution in [0.4, 0.5) is 0 Å². The van der Waals surface area contributed by atoms with Crippen molar-refractivity contribution in [2.24, 2.45) is 0 Å². The molecular weight excluding hydrogens is 426 g/mol. The van der Waals surface area contributed by atoms with E-state index >= 15 is 0 Å². The predicted octanol–water partition coefficient (Wildman–Crippen LogP) is 7.84. The lowest BCUT2D eigenvalue weighted by Crippen LogP contribution is -1.97. The fourth-order valence-corrected chi connectivity index (χ4v) is 3.86. The van der Waals surface area contributed by atoms with Crippen molar-refractivity contribution in [3.8, 4) is 45.0 Å². The summed E-state index contributed by atoms with van der Waals surface area (Å²) in [6, 6.07) is 34.8. The van der Waals surface area contributed by atoms with E-state index in [0.29, 0.717) is 11.6 Å². The molecule has 4 aromatic carbocycles. The molecule has 0 fully saturated rings. The molecule has 5 aromatic rings. The van der Waals surface area contributed by atoms with Crippen LogP contribution in [-0.4, -0.2) is 15.0 Å². The molecule has 0 spiro atoms. The van der Waals surface area contributed by atoms with E-state index in [4.69, 9.17) is 16.6 Å². The summed E-state index contributed by atoms with van der Waals surface area (Å²) < 4.78 is 0. The van der Waals surface area contributed by atoms with E-state index in [1.54, 1.807) is 0 Å². The maximum Gasteiger partial charge on any atom is 0.226 e. The van der Waals surface area contributed by atoms with Crippen LogP contribution in [0.15, 0.2) is 110 Å². The summed E-state index contributed by atoms with van der Waals surface area (Å²) in [6.07, 6.45) is 1.84. The Morgan fingerprint density at radius 2 is 1.03 bits per heavy atom. The standard InChI is InChI=1S/C29H20ClN3/c1-2-20-11-13-22(14-12-20)23-15-17-24(18-16-23)27-31-28(33-29(30)32-27)26-10-6-9-25(19-26)21-7-4-3-5-8-21/h2-19H,1H2. The Morgan fingerprint density at radius 1 is 0.515 bits per heavy atom. The Hall–Kier alpha value is -4.08. The van der Waals surface area contributed by atoms with Gasteiger partial charge >= 0.3 is 0 Å². The third-order valence-corrected chi connectivity index (χ3v) is 5.63. The Morgan fingerprint density at radius 3 is 1.70 bits per heavy atom. The first-order chi connectivity index (χ1) is 16.2. The molecule has 0 radical (unpaired) electrons. The van der Waals surface area contributed by atoms with Gasteiger partial charge in [-0.15, -0.1) is 0 Å². The Kier molecular flexibility index (Phi) is 5.79. The lowest BCUT2D eigenvalue weighted by molar-refractivity contribution is 1.07. The molecular formula is C29H20ClN3. The first-order valence-electron chi connectivity index (χ1n) is 10.6. The van der Waals surface area contributed by atoms with Crippen molar-refractivity contribution in [3.05, 3.63) is 121 Å². The monoisotopic (exact) mass is 445 g/mol. The van der Waals surface area contributed by atoms with Crippen molar-refractivity contribution in [1.82, 2.24) is 15.0 Å². The van der Waals surface area contributed by atoms with Gasteiger partial charge in [-0.3, -0.25) is 0 Å². The summed E-state index contributed by atoms with van der Waals surface area (Å²) >= 11 is 6.29. The zero-order valence-corrected chi connectivity index (χ0v) is 18.6. The van der Waals surface area contributed by atoms with Crippen molar-refractivity contribution in [2.75, 3.05) is 0 Å². The molecule has 3 nitrogen and oxygen atoms in total. The maximum absolute atomic E-state index is 6.29. The molecule has 0 saturated carbocycles. The van der Waals surface area contributed by atoms with Crippen LogP contribution in [0.2, 0.25) is 5.28 Å². The molecule has 0 aliphatic heterocycles. The van der Waals surface area contributed by atoms with E-state index in [9.17, 15) is 0 Å². The van der Waals surface area contributed by atoms with Gasteiger partial charge in [0.25, 0.3) is 0 Å². The molecule has 158 valence electrons. The second kappa shape index (κ2) is 9.19. The van der Waals surface area contributed by atoms with Gasteiger partial charge in [0.2, 0.25) is 5.28 Å². The number of nitrogens with zero attached hydrogens (tertiary/aromatic N) is 3. The molecule has 0 aliphatic rings. The van der Waals surface area contributed by atoms with Crippen LogP contribution in [0.1, 0.15) is 5.56 Å². The fourth-order valence-electron chi connectivity index (χ4n) is 3.70. The number of hydrogen-bond acceptors (Lipinski definition) is 3. The van der Waals surface area contributed by atoms with Crippen LogP contribution in [-0.2, 0) is 0 Å². The smallest absolute Gasteiger partial charge is 0.208 e. The maximum atomic E-state index is 6.29. The van der Waals surface area contributed by atoms with Gasteiger partial charge < -0.3 is 0 Å². The molecule has 0 N–H and O–H groups in total. The minimum absolute atomic E-state index is 0.171. The summed E-state index contributed by atoms with van der Waals surface area (Å²) in [6.45, 7) is 3.80. The van der Waals surface area contributed by atoms with Gasteiger partial charge in [0.1, 0.15) is 0 Å². The summed E-state index contributed by atoms with van der Waals surface area (Å²) in [5.41, 5.74) is 7.35. The van der Waals surface area contributed by atoms with E-state index in [0.717, 1.165) is 38.9 Å². The summed E-state index contributed by atoms with van der Waals surface area (Å²) in [7, 11) is 0. The average Bonchev–Trinajstić information content (AvgIpc) is 2.89. The first kappa shape index (κ1) is 20.8. The molecule has 4 heteroatoms. The normalized spacial score (nSPS) is 10.7. The van der Waals surface area contributed by atoms with Crippen LogP contribution in [0, 0.1) is 0 Å². The highest BCUT2D eigenvalue weighted by atomic mass is 35.5. The van der Waals surface area contributed by atoms with Gasteiger partial charge in [0, 0.05) is 11.1 Å². The van der Waals surface area contributed by atoms with Crippen LogP contribution in [0.25, 0.3) is 51.1 Å². The largest absolute Gasteiger partial charge is 0.226 e. The molecule has 0 atom stereocenters. The van der Waals surface area contributed by atoms with Crippen molar-refractivity contribution in [3.63, 3.8) is 0 Å². The van der Waals surface area contributed by atoms with E-state index in [2.05, 4.69) is 77.2 Å². The highest BCUT2D eigenvalue weighted by molar-refractivity contribution is 6.28. The topological polar surface area (TPSA) is 38.7 Å². The Labute approximate surface area is 198 Å².